The van der Waals surface area contributed by atoms with Gasteiger partial charge < -0.3 is 20.7 Å². The summed E-state index contributed by atoms with van der Waals surface area (Å²) in [6, 6.07) is 10.7. The molecule has 1 aromatic carbocycles. The van der Waals surface area contributed by atoms with Crippen LogP contribution in [0.15, 0.2) is 42.6 Å². The van der Waals surface area contributed by atoms with Gasteiger partial charge >= 0.3 is 19.9 Å². The molecule has 1 aromatic heterocycles. The van der Waals surface area contributed by atoms with Crippen molar-refractivity contribution in [3.05, 3.63) is 59.3 Å². The van der Waals surface area contributed by atoms with E-state index in [2.05, 4.69) is 10.3 Å². The van der Waals surface area contributed by atoms with Gasteiger partial charge in [-0.2, -0.15) is 0 Å². The van der Waals surface area contributed by atoms with Crippen LogP contribution in [0.5, 0.6) is 0 Å². The summed E-state index contributed by atoms with van der Waals surface area (Å²) in [6.45, 7) is 5.19. The number of carboxylic acids is 1. The number of ether oxygens (including phenoxy) is 1. The number of aliphatic carboxylic acids is 1. The first-order valence-corrected chi connectivity index (χ1v) is 11.5. The number of benzene rings is 1. The Morgan fingerprint density at radius 1 is 1.22 bits per heavy atom. The smallest absolute Gasteiger partial charge is 0.410 e. The predicted octanol–water partition coefficient (Wildman–Crippen LogP) is 3.27. The monoisotopic (exact) mass is 462 g/mol. The third kappa shape index (κ3) is 7.00. The molecule has 2 aromatic rings. The van der Waals surface area contributed by atoms with Crippen LogP contribution in [0.3, 0.4) is 0 Å². The van der Waals surface area contributed by atoms with Crippen molar-refractivity contribution in [2.45, 2.75) is 45.4 Å². The van der Waals surface area contributed by atoms with E-state index in [0.717, 1.165) is 5.56 Å². The number of nitrogens with zero attached hydrogens (tertiary/aromatic N) is 1. The zero-order valence-electron chi connectivity index (χ0n) is 18.3. The Morgan fingerprint density at radius 2 is 1.88 bits per heavy atom. The Hall–Kier alpha value is -3.03. The number of aliphatic hydroxyl groups excluding tert-OH is 1. The number of anilines is 1. The number of pyridine rings is 1. The van der Waals surface area contributed by atoms with Crippen LogP contribution in [-0.2, 0) is 27.1 Å². The molecule has 0 fully saturated rings. The second kappa shape index (κ2) is 11.5. The minimum atomic E-state index is -2.56. The molecule has 9 nitrogen and oxygen atoms in total. The van der Waals surface area contributed by atoms with Crippen molar-refractivity contribution in [1.82, 2.24) is 10.3 Å². The SMILES string of the molecule is Cc1cc(CC(C(=O)O)C(O)[P+](=O)C(NC(=O)OCc2ccccc2)C(C)C)cnc1N. The highest BCUT2D eigenvalue weighted by Gasteiger charge is 2.48. The maximum atomic E-state index is 13.1. The van der Waals surface area contributed by atoms with Crippen LogP contribution in [0.25, 0.3) is 0 Å². The fourth-order valence-corrected chi connectivity index (χ4v) is 4.82. The molecule has 0 aliphatic carbocycles. The number of amides is 1. The molecule has 5 N–H and O–H groups in total. The first-order valence-electron chi connectivity index (χ1n) is 10.1. The molecular formula is C22H29N3O6P+. The molecule has 4 unspecified atom stereocenters. The Labute approximate surface area is 187 Å². The first kappa shape index (κ1) is 25.2. The van der Waals surface area contributed by atoms with Crippen molar-refractivity contribution in [1.29, 1.82) is 0 Å². The van der Waals surface area contributed by atoms with Gasteiger partial charge in [-0.05, 0) is 30.0 Å². The van der Waals surface area contributed by atoms with E-state index >= 15 is 0 Å². The summed E-state index contributed by atoms with van der Waals surface area (Å²) in [5.74, 6) is -5.34. The number of nitrogens with two attached hydrogens (primary N) is 1. The second-order valence-corrected chi connectivity index (χ2v) is 9.67. The third-order valence-electron chi connectivity index (χ3n) is 4.95. The average Bonchev–Trinajstić information content (AvgIpc) is 2.76. The second-order valence-electron chi connectivity index (χ2n) is 7.86. The van der Waals surface area contributed by atoms with Crippen molar-refractivity contribution in [2.24, 2.45) is 11.8 Å². The molecule has 4 atom stereocenters. The zero-order chi connectivity index (χ0) is 23.8. The minimum absolute atomic E-state index is 0.0259. The number of carbonyl (C=O) groups is 2. The molecule has 10 heteroatoms. The lowest BCUT2D eigenvalue weighted by atomic mass is 10.0. The maximum Gasteiger partial charge on any atom is 0.410 e. The Balaban J connectivity index is 2.08. The zero-order valence-corrected chi connectivity index (χ0v) is 19.2. The van der Waals surface area contributed by atoms with Gasteiger partial charge in [-0.3, -0.25) is 10.1 Å². The van der Waals surface area contributed by atoms with E-state index in [1.54, 1.807) is 39.0 Å². The first-order chi connectivity index (χ1) is 15.1. The van der Waals surface area contributed by atoms with Gasteiger partial charge in [0.2, 0.25) is 5.78 Å². The van der Waals surface area contributed by atoms with Crippen molar-refractivity contribution < 1.29 is 29.1 Å². The lowest BCUT2D eigenvalue weighted by Crippen LogP contribution is -2.40. The van der Waals surface area contributed by atoms with Gasteiger partial charge in [0.15, 0.2) is 0 Å². The highest BCUT2D eigenvalue weighted by molar-refractivity contribution is 7.46. The Kier molecular flexibility index (Phi) is 9.11. The highest BCUT2D eigenvalue weighted by atomic mass is 31.1. The molecular weight excluding hydrogens is 433 g/mol. The number of alkyl carbamates (subject to hydrolysis) is 1. The van der Waals surface area contributed by atoms with E-state index in [0.29, 0.717) is 16.9 Å². The predicted molar refractivity (Wildman–Crippen MR) is 120 cm³/mol. The van der Waals surface area contributed by atoms with Gasteiger partial charge in [0.05, 0.1) is 0 Å². The van der Waals surface area contributed by atoms with Crippen LogP contribution in [0.1, 0.15) is 30.5 Å². The van der Waals surface area contributed by atoms with E-state index < -0.39 is 37.4 Å². The quantitative estimate of drug-likeness (QED) is 0.393. The summed E-state index contributed by atoms with van der Waals surface area (Å²) in [7, 11) is -2.56. The van der Waals surface area contributed by atoms with Crippen molar-refractivity contribution in [3.63, 3.8) is 0 Å². The van der Waals surface area contributed by atoms with Crippen molar-refractivity contribution in [3.8, 4) is 0 Å². The molecule has 32 heavy (non-hydrogen) atoms. The molecule has 1 heterocycles. The number of carbonyl (C=O) groups excluding carboxylic acids is 1. The molecule has 0 aliphatic heterocycles. The molecule has 2 rings (SSSR count). The number of aliphatic hydroxyl groups is 1. The summed E-state index contributed by atoms with van der Waals surface area (Å²) in [4.78, 5) is 28.1. The fourth-order valence-electron chi connectivity index (χ4n) is 3.08. The van der Waals surface area contributed by atoms with Crippen molar-refractivity contribution in [2.75, 3.05) is 5.73 Å². The van der Waals surface area contributed by atoms with E-state index in [9.17, 15) is 24.4 Å². The van der Waals surface area contributed by atoms with Gasteiger partial charge in [-0.1, -0.05) is 54.8 Å². The number of aromatic nitrogens is 1. The number of nitrogen functional groups attached to an aromatic ring is 1. The Morgan fingerprint density at radius 3 is 2.44 bits per heavy atom. The average molecular weight is 462 g/mol. The van der Waals surface area contributed by atoms with Crippen LogP contribution < -0.4 is 11.1 Å². The van der Waals surface area contributed by atoms with Gasteiger partial charge in [-0.25, -0.2) is 9.78 Å². The number of hydrogen-bond donors (Lipinski definition) is 4. The summed E-state index contributed by atoms with van der Waals surface area (Å²) < 4.78 is 18.3. The van der Waals surface area contributed by atoms with Crippen LogP contribution >= 0.6 is 7.80 Å². The molecule has 1 amide bonds. The normalized spacial score (nSPS) is 14.3. The molecule has 0 saturated heterocycles. The summed E-state index contributed by atoms with van der Waals surface area (Å²) in [5, 5.41) is 22.8. The van der Waals surface area contributed by atoms with E-state index in [1.807, 2.05) is 18.2 Å². The minimum Gasteiger partial charge on any atom is -0.481 e. The summed E-state index contributed by atoms with van der Waals surface area (Å²) >= 11 is 0. The number of nitrogens with one attached hydrogen (secondary N) is 1. The fraction of sp³-hybridized carbons (Fsp3) is 0.409. The van der Waals surface area contributed by atoms with Crippen LogP contribution in [0.4, 0.5) is 10.6 Å². The molecule has 172 valence electrons. The largest absolute Gasteiger partial charge is 0.481 e. The number of aryl methyl sites for hydroxylation is 1. The Bertz CT molecular complexity index is 954. The lowest BCUT2D eigenvalue weighted by molar-refractivity contribution is -0.143. The van der Waals surface area contributed by atoms with Crippen LogP contribution in [0.2, 0.25) is 0 Å². The molecule has 0 aliphatic rings. The topological polar surface area (TPSA) is 152 Å². The van der Waals surface area contributed by atoms with Crippen LogP contribution in [0, 0.1) is 18.8 Å². The molecule has 0 radical (unpaired) electrons. The third-order valence-corrected chi connectivity index (χ3v) is 7.11. The molecule has 0 saturated carbocycles. The summed E-state index contributed by atoms with van der Waals surface area (Å²) in [6.07, 6.45) is 0.542. The highest BCUT2D eigenvalue weighted by Crippen LogP contribution is 2.40. The molecule has 0 spiro atoms. The number of hydrogen-bond acceptors (Lipinski definition) is 7. The molecule has 0 bridgehead atoms. The standard InChI is InChI=1S/C22H28N3O6P/c1-13(2)19(25-22(29)31-12-15-7-5-4-6-8-15)32(30)21(28)17(20(26)27)10-16-9-14(3)18(23)24-11-16/h4-9,11,13,17,19,21,28H,10,12H2,1-3H3,(H3-,23,24,25,26,27,29)/p+1. The van der Waals surface area contributed by atoms with Gasteiger partial charge in [0.1, 0.15) is 18.3 Å². The lowest BCUT2D eigenvalue weighted by Gasteiger charge is -2.18. The van der Waals surface area contributed by atoms with Gasteiger partial charge in [0, 0.05) is 12.1 Å². The number of carboxylic acid groups (broad SMARTS) is 1. The van der Waals surface area contributed by atoms with E-state index in [-0.39, 0.29) is 18.9 Å². The van der Waals surface area contributed by atoms with Gasteiger partial charge in [0.25, 0.3) is 5.85 Å². The van der Waals surface area contributed by atoms with Crippen molar-refractivity contribution >= 4 is 25.7 Å². The van der Waals surface area contributed by atoms with Crippen LogP contribution in [-0.4, -0.2) is 38.9 Å². The summed E-state index contributed by atoms with van der Waals surface area (Å²) in [5.41, 5.74) is 7.70. The van der Waals surface area contributed by atoms with Gasteiger partial charge in [-0.15, -0.1) is 0 Å². The number of rotatable bonds is 10. The van der Waals surface area contributed by atoms with E-state index in [1.165, 1.54) is 6.20 Å². The van der Waals surface area contributed by atoms with E-state index in [4.69, 9.17) is 10.5 Å². The maximum absolute atomic E-state index is 13.1.